The largest absolute Gasteiger partial charge is 0.337 e. The monoisotopic (exact) mass is 530 g/mol. The van der Waals surface area contributed by atoms with Crippen molar-refractivity contribution in [2.75, 3.05) is 0 Å². The molecule has 0 amide bonds. The van der Waals surface area contributed by atoms with Gasteiger partial charge in [0.05, 0.1) is 12.2 Å². The van der Waals surface area contributed by atoms with E-state index in [0.29, 0.717) is 23.9 Å². The number of carbonyl (C=O) groups is 1. The van der Waals surface area contributed by atoms with Crippen LogP contribution >= 0.6 is 0 Å². The molecule has 1 saturated carbocycles. The number of imidazole rings is 1. The third-order valence-electron chi connectivity index (χ3n) is 7.70. The van der Waals surface area contributed by atoms with Gasteiger partial charge < -0.3 is 0 Å². The van der Waals surface area contributed by atoms with Crippen molar-refractivity contribution in [1.29, 1.82) is 0 Å². The van der Waals surface area contributed by atoms with Crippen molar-refractivity contribution in [2.45, 2.75) is 71.8 Å². The van der Waals surface area contributed by atoms with Crippen LogP contribution in [0.4, 0.5) is 4.39 Å². The van der Waals surface area contributed by atoms with Crippen LogP contribution < -0.4 is 5.69 Å². The van der Waals surface area contributed by atoms with Gasteiger partial charge >= 0.3 is 5.69 Å². The molecule has 2 aromatic carbocycles. The third kappa shape index (κ3) is 5.92. The fourth-order valence-electron chi connectivity index (χ4n) is 5.51. The van der Waals surface area contributed by atoms with E-state index in [2.05, 4.69) is 34.5 Å². The minimum atomic E-state index is -0.702. The first kappa shape index (κ1) is 26.7. The van der Waals surface area contributed by atoms with Gasteiger partial charge in [-0.3, -0.25) is 9.36 Å². The molecule has 1 N–H and O–H groups in total. The summed E-state index contributed by atoms with van der Waals surface area (Å²) in [5.74, 6) is -0.0593. The van der Waals surface area contributed by atoms with Crippen LogP contribution in [-0.4, -0.2) is 35.7 Å². The zero-order chi connectivity index (χ0) is 27.4. The number of rotatable bonds is 9. The summed E-state index contributed by atoms with van der Waals surface area (Å²) in [6.45, 7) is 4.33. The molecule has 1 aliphatic rings. The molecule has 0 bridgehead atoms. The first-order chi connectivity index (χ1) is 18.9. The molecule has 2 heterocycles. The fourth-order valence-corrected chi connectivity index (χ4v) is 5.51. The lowest BCUT2D eigenvalue weighted by Crippen LogP contribution is -2.31. The molecule has 1 fully saturated rings. The highest BCUT2D eigenvalue weighted by Gasteiger charge is 2.27. The number of hydrogen-bond acceptors (Lipinski definition) is 5. The van der Waals surface area contributed by atoms with Crippen LogP contribution in [0.5, 0.6) is 0 Å². The Morgan fingerprint density at radius 2 is 1.77 bits per heavy atom. The maximum atomic E-state index is 15.7. The van der Waals surface area contributed by atoms with E-state index in [1.807, 2.05) is 48.5 Å². The first-order valence-electron chi connectivity index (χ1n) is 13.9. The molecule has 9 heteroatoms. The highest BCUT2D eigenvalue weighted by atomic mass is 19.1. The molecule has 39 heavy (non-hydrogen) atoms. The van der Waals surface area contributed by atoms with Crippen LogP contribution in [-0.2, 0) is 13.0 Å². The summed E-state index contributed by atoms with van der Waals surface area (Å²) in [6.07, 6.45) is 6.63. The molecule has 5 rings (SSSR count). The fraction of sp³-hybridized carbons (Fsp3) is 0.433. The summed E-state index contributed by atoms with van der Waals surface area (Å²) in [4.78, 5) is 26.6. The van der Waals surface area contributed by atoms with Crippen LogP contribution in [0.2, 0.25) is 0 Å². The van der Waals surface area contributed by atoms with Gasteiger partial charge in [-0.25, -0.2) is 9.36 Å². The van der Waals surface area contributed by atoms with Crippen LogP contribution in [0, 0.1) is 17.8 Å². The van der Waals surface area contributed by atoms with Crippen LogP contribution in [0.3, 0.4) is 0 Å². The average Bonchev–Trinajstić information content (AvgIpc) is 3.55. The van der Waals surface area contributed by atoms with E-state index in [9.17, 15) is 9.59 Å². The molecule has 1 aliphatic carbocycles. The zero-order valence-corrected chi connectivity index (χ0v) is 22.6. The van der Waals surface area contributed by atoms with E-state index in [0.717, 1.165) is 58.9 Å². The molecule has 8 nitrogen and oxygen atoms in total. The molecule has 0 unspecified atom stereocenters. The summed E-state index contributed by atoms with van der Waals surface area (Å²) < 4.78 is 17.9. The van der Waals surface area contributed by atoms with E-state index in [4.69, 9.17) is 0 Å². The van der Waals surface area contributed by atoms with Gasteiger partial charge in [-0.05, 0) is 59.4 Å². The number of nitrogens with one attached hydrogen (secondary N) is 1. The highest BCUT2D eigenvalue weighted by Crippen LogP contribution is 2.30. The van der Waals surface area contributed by atoms with Crippen LogP contribution in [0.1, 0.15) is 74.8 Å². The summed E-state index contributed by atoms with van der Waals surface area (Å²) in [5, 5.41) is 14.4. The van der Waals surface area contributed by atoms with E-state index in [1.165, 1.54) is 11.0 Å². The van der Waals surface area contributed by atoms with Crippen molar-refractivity contribution in [3.63, 3.8) is 0 Å². The average molecular weight is 531 g/mol. The topological polar surface area (TPSA) is 98.5 Å². The molecular weight excluding hydrogens is 495 g/mol. The second kappa shape index (κ2) is 11.9. The number of H-pyrrole nitrogens is 1. The Bertz CT molecular complexity index is 1460. The van der Waals surface area contributed by atoms with Gasteiger partial charge in [0.2, 0.25) is 17.7 Å². The summed E-state index contributed by atoms with van der Waals surface area (Å²) in [6, 6.07) is 15.6. The lowest BCUT2D eigenvalue weighted by Gasteiger charge is -2.20. The Hall–Kier alpha value is -3.88. The number of tetrazole rings is 1. The van der Waals surface area contributed by atoms with Gasteiger partial charge in [0.1, 0.15) is 0 Å². The predicted molar refractivity (Wildman–Crippen MR) is 148 cm³/mol. The first-order valence-corrected chi connectivity index (χ1v) is 13.9. The van der Waals surface area contributed by atoms with Crippen molar-refractivity contribution >= 4 is 5.91 Å². The van der Waals surface area contributed by atoms with Crippen molar-refractivity contribution in [3.8, 4) is 22.5 Å². The lowest BCUT2D eigenvalue weighted by molar-refractivity contribution is 0.0848. The van der Waals surface area contributed by atoms with E-state index in [1.54, 1.807) is 0 Å². The van der Waals surface area contributed by atoms with Gasteiger partial charge in [-0.15, -0.1) is 10.2 Å². The molecule has 4 aromatic rings. The van der Waals surface area contributed by atoms with Gasteiger partial charge in [0.25, 0.3) is 0 Å². The summed E-state index contributed by atoms with van der Waals surface area (Å²) in [7, 11) is 0. The third-order valence-corrected chi connectivity index (χ3v) is 7.70. The Labute approximate surface area is 227 Å². The minimum absolute atomic E-state index is 0.194. The van der Waals surface area contributed by atoms with Crippen molar-refractivity contribution < 1.29 is 9.18 Å². The molecule has 0 spiro atoms. The van der Waals surface area contributed by atoms with Gasteiger partial charge in [-0.2, -0.15) is 9.60 Å². The SMILES string of the molecule is CC(C)CCc1c(F)n(C(=O)CC2CCCCC2)c(=O)n1Cc1ccc(-c2ccccc2-c2nn[nH]n2)cc1. The van der Waals surface area contributed by atoms with Crippen LogP contribution in [0.15, 0.2) is 53.3 Å². The number of nitrogens with zero attached hydrogens (tertiary/aromatic N) is 5. The van der Waals surface area contributed by atoms with Crippen molar-refractivity contribution in [3.05, 3.63) is 76.2 Å². The maximum Gasteiger partial charge on any atom is 0.337 e. The molecule has 0 radical (unpaired) electrons. The normalized spacial score (nSPS) is 14.3. The maximum absolute atomic E-state index is 15.7. The Balaban J connectivity index is 1.43. The van der Waals surface area contributed by atoms with E-state index in [-0.39, 0.29) is 18.9 Å². The smallest absolute Gasteiger partial charge is 0.288 e. The second-order valence-electron chi connectivity index (χ2n) is 11.0. The predicted octanol–water partition coefficient (Wildman–Crippen LogP) is 5.88. The second-order valence-corrected chi connectivity index (χ2v) is 11.0. The van der Waals surface area contributed by atoms with Gasteiger partial charge in [-0.1, -0.05) is 81.6 Å². The summed E-state index contributed by atoms with van der Waals surface area (Å²) in [5.41, 5.74) is 3.32. The molecule has 0 saturated heterocycles. The van der Waals surface area contributed by atoms with Crippen molar-refractivity contribution in [2.24, 2.45) is 11.8 Å². The number of aromatic nitrogens is 6. The molecule has 0 atom stereocenters. The molecule has 0 aliphatic heterocycles. The highest BCUT2D eigenvalue weighted by molar-refractivity contribution is 5.80. The zero-order valence-electron chi connectivity index (χ0n) is 22.6. The molecule has 204 valence electrons. The number of benzene rings is 2. The lowest BCUT2D eigenvalue weighted by atomic mass is 9.87. The van der Waals surface area contributed by atoms with Crippen molar-refractivity contribution in [1.82, 2.24) is 29.8 Å². The Kier molecular flexibility index (Phi) is 8.14. The Morgan fingerprint density at radius 1 is 1.05 bits per heavy atom. The number of hydrogen-bond donors (Lipinski definition) is 1. The van der Waals surface area contributed by atoms with Gasteiger partial charge in [0, 0.05) is 12.0 Å². The standard InChI is InChI=1S/C30H35FN6O2/c1-20(2)12-17-26-28(31)37(27(38)18-21-8-4-3-5-9-21)30(39)36(26)19-22-13-15-23(16-14-22)24-10-6-7-11-25(24)29-32-34-35-33-29/h6-7,10-11,13-16,20-21H,3-5,8-9,12,17-19H2,1-2H3,(H,32,33,34,35). The van der Waals surface area contributed by atoms with E-state index < -0.39 is 17.5 Å². The minimum Gasteiger partial charge on any atom is -0.288 e. The number of aromatic amines is 1. The quantitative estimate of drug-likeness (QED) is 0.291. The number of carbonyl (C=O) groups excluding carboxylic acids is 1. The summed E-state index contributed by atoms with van der Waals surface area (Å²) >= 11 is 0. The molecule has 2 aromatic heterocycles. The van der Waals surface area contributed by atoms with E-state index >= 15 is 4.39 Å². The van der Waals surface area contributed by atoms with Crippen LogP contribution in [0.25, 0.3) is 22.5 Å². The number of halogens is 1. The molecular formula is C30H35FN6O2. The Morgan fingerprint density at radius 3 is 2.44 bits per heavy atom. The van der Waals surface area contributed by atoms with Gasteiger partial charge in [0.15, 0.2) is 0 Å².